The van der Waals surface area contributed by atoms with Gasteiger partial charge in [0.25, 0.3) is 0 Å². The molecule has 3 aromatic rings. The number of imidazole rings is 1. The van der Waals surface area contributed by atoms with Crippen molar-refractivity contribution in [3.63, 3.8) is 0 Å². The van der Waals surface area contributed by atoms with Crippen LogP contribution in [0, 0.1) is 0 Å². The Morgan fingerprint density at radius 1 is 1.03 bits per heavy atom. The minimum Gasteiger partial charge on any atom is -0.312 e. The van der Waals surface area contributed by atoms with Gasteiger partial charge in [-0.15, -0.1) is 0 Å². The number of amides is 2. The second-order valence-electron chi connectivity index (χ2n) is 7.64. The number of nitrogens with one attached hydrogen (secondary N) is 1. The highest BCUT2D eigenvalue weighted by Crippen LogP contribution is 2.27. The molecule has 3 heterocycles. The molecule has 1 aromatic carbocycles. The first kappa shape index (κ1) is 20.8. The van der Waals surface area contributed by atoms with Crippen LogP contribution in [0.3, 0.4) is 0 Å². The molecule has 0 atom stereocenters. The molecule has 0 bridgehead atoms. The number of aryl methyl sites for hydroxylation is 3. The number of carbonyl (C=O) groups is 2. The van der Waals surface area contributed by atoms with E-state index in [2.05, 4.69) is 10.3 Å². The second kappa shape index (κ2) is 8.75. The number of nitrogens with zero attached hydrogens (tertiary/aromatic N) is 4. The lowest BCUT2D eigenvalue weighted by Crippen LogP contribution is -2.35. The normalized spacial score (nSPS) is 13.3. The van der Waals surface area contributed by atoms with Gasteiger partial charge < -0.3 is 10.2 Å². The van der Waals surface area contributed by atoms with Crippen LogP contribution < -0.4 is 15.9 Å². The molecule has 0 radical (unpaired) electrons. The van der Waals surface area contributed by atoms with Gasteiger partial charge in [0.1, 0.15) is 5.82 Å². The molecule has 0 saturated carbocycles. The third kappa shape index (κ3) is 3.97. The molecule has 4 rings (SSSR count). The summed E-state index contributed by atoms with van der Waals surface area (Å²) in [5, 5.41) is 2.76. The fourth-order valence-electron chi connectivity index (χ4n) is 4.20. The van der Waals surface area contributed by atoms with E-state index in [0.717, 1.165) is 24.0 Å². The fraction of sp³-hybridized carbons (Fsp3) is 0.391. The number of aromatic nitrogens is 3. The maximum Gasteiger partial charge on any atom is 0.330 e. The van der Waals surface area contributed by atoms with Crippen LogP contribution in [-0.2, 0) is 29.1 Å². The zero-order valence-corrected chi connectivity index (χ0v) is 17.9. The van der Waals surface area contributed by atoms with E-state index in [4.69, 9.17) is 0 Å². The standard InChI is InChI=1S/C23H27N5O3/c1-3-26-18-11-12-19(25-22(18)27(4-2)23(26)31)24-20(29)13-14-21(30)28-15-7-9-16-8-5-6-10-17(16)28/h5-6,8,10-12H,3-4,7,9,13-15H2,1-2H3,(H,24,25,29). The Kier molecular flexibility index (Phi) is 5.88. The number of rotatable bonds is 6. The number of pyridine rings is 1. The lowest BCUT2D eigenvalue weighted by Gasteiger charge is -2.29. The predicted octanol–water partition coefficient (Wildman–Crippen LogP) is 2.94. The van der Waals surface area contributed by atoms with E-state index in [0.29, 0.717) is 31.1 Å². The van der Waals surface area contributed by atoms with E-state index in [1.54, 1.807) is 26.2 Å². The molecule has 0 unspecified atom stereocenters. The highest BCUT2D eigenvalue weighted by molar-refractivity contribution is 5.98. The van der Waals surface area contributed by atoms with Crippen molar-refractivity contribution in [3.8, 4) is 0 Å². The van der Waals surface area contributed by atoms with E-state index >= 15 is 0 Å². The predicted molar refractivity (Wildman–Crippen MR) is 120 cm³/mol. The first-order valence-corrected chi connectivity index (χ1v) is 10.8. The quantitative estimate of drug-likeness (QED) is 0.663. The van der Waals surface area contributed by atoms with E-state index in [1.807, 2.05) is 38.1 Å². The number of hydrogen-bond donors (Lipinski definition) is 1. The van der Waals surface area contributed by atoms with Crippen molar-refractivity contribution in [2.24, 2.45) is 0 Å². The molecule has 31 heavy (non-hydrogen) atoms. The number of benzene rings is 1. The van der Waals surface area contributed by atoms with Crippen molar-refractivity contribution in [1.29, 1.82) is 0 Å². The summed E-state index contributed by atoms with van der Waals surface area (Å²) in [5.74, 6) is 0.0556. The van der Waals surface area contributed by atoms with Gasteiger partial charge in [0.2, 0.25) is 11.8 Å². The molecule has 0 aliphatic carbocycles. The lowest BCUT2D eigenvalue weighted by atomic mass is 10.0. The average Bonchev–Trinajstić information content (AvgIpc) is 3.06. The van der Waals surface area contributed by atoms with Crippen molar-refractivity contribution < 1.29 is 9.59 Å². The van der Waals surface area contributed by atoms with Crippen molar-refractivity contribution in [2.75, 3.05) is 16.8 Å². The van der Waals surface area contributed by atoms with E-state index in [1.165, 1.54) is 5.56 Å². The second-order valence-corrected chi connectivity index (χ2v) is 7.64. The summed E-state index contributed by atoms with van der Waals surface area (Å²) in [6, 6.07) is 11.4. The van der Waals surface area contributed by atoms with Crippen molar-refractivity contribution in [3.05, 3.63) is 52.4 Å². The number of anilines is 2. The van der Waals surface area contributed by atoms with Gasteiger partial charge in [0.05, 0.1) is 5.52 Å². The molecular weight excluding hydrogens is 394 g/mol. The molecule has 162 valence electrons. The summed E-state index contributed by atoms with van der Waals surface area (Å²) in [6.07, 6.45) is 2.11. The minimum atomic E-state index is -0.272. The average molecular weight is 422 g/mol. The number of carbonyl (C=O) groups excluding carboxylic acids is 2. The molecule has 1 aliphatic rings. The Labute approximate surface area is 180 Å². The molecular formula is C23H27N5O3. The third-order valence-corrected chi connectivity index (χ3v) is 5.74. The lowest BCUT2D eigenvalue weighted by molar-refractivity contribution is -0.122. The van der Waals surface area contributed by atoms with Gasteiger partial charge in [-0.1, -0.05) is 18.2 Å². The highest BCUT2D eigenvalue weighted by Gasteiger charge is 2.22. The number of fused-ring (bicyclic) bond motifs is 2. The van der Waals surface area contributed by atoms with Crippen LogP contribution in [0.25, 0.3) is 11.2 Å². The molecule has 2 amide bonds. The topological polar surface area (TPSA) is 89.2 Å². The molecule has 8 nitrogen and oxygen atoms in total. The first-order chi connectivity index (χ1) is 15.0. The third-order valence-electron chi connectivity index (χ3n) is 5.74. The van der Waals surface area contributed by atoms with Gasteiger partial charge >= 0.3 is 5.69 Å². The summed E-state index contributed by atoms with van der Waals surface area (Å²) >= 11 is 0. The Hall–Kier alpha value is -3.42. The SMILES string of the molecule is CCn1c(=O)n(CC)c2nc(NC(=O)CCC(=O)N3CCCc4ccccc43)ccc21. The summed E-state index contributed by atoms with van der Waals surface area (Å²) in [6.45, 7) is 5.53. The van der Waals surface area contributed by atoms with Gasteiger partial charge in [-0.2, -0.15) is 0 Å². The Balaban J connectivity index is 1.43. The molecule has 2 aromatic heterocycles. The van der Waals surface area contributed by atoms with E-state index in [9.17, 15) is 14.4 Å². The van der Waals surface area contributed by atoms with E-state index in [-0.39, 0.29) is 30.3 Å². The fourth-order valence-corrected chi connectivity index (χ4v) is 4.20. The largest absolute Gasteiger partial charge is 0.330 e. The summed E-state index contributed by atoms with van der Waals surface area (Å²) in [7, 11) is 0. The highest BCUT2D eigenvalue weighted by atomic mass is 16.2. The molecule has 1 aliphatic heterocycles. The number of para-hydroxylation sites is 1. The van der Waals surface area contributed by atoms with Gasteiger partial charge in [-0.05, 0) is 50.5 Å². The van der Waals surface area contributed by atoms with Gasteiger partial charge in [-0.3, -0.25) is 18.7 Å². The van der Waals surface area contributed by atoms with Crippen LogP contribution in [0.4, 0.5) is 11.5 Å². The molecule has 0 fully saturated rings. The smallest absolute Gasteiger partial charge is 0.312 e. The van der Waals surface area contributed by atoms with Crippen molar-refractivity contribution in [1.82, 2.24) is 14.1 Å². The molecule has 0 saturated heterocycles. The van der Waals surface area contributed by atoms with Gasteiger partial charge in [0.15, 0.2) is 5.65 Å². The van der Waals surface area contributed by atoms with Gasteiger partial charge in [0, 0.05) is 38.2 Å². The van der Waals surface area contributed by atoms with Crippen LogP contribution in [0.5, 0.6) is 0 Å². The number of hydrogen-bond acceptors (Lipinski definition) is 4. The summed E-state index contributed by atoms with van der Waals surface area (Å²) in [5.41, 5.74) is 3.30. The van der Waals surface area contributed by atoms with Crippen LogP contribution in [0.2, 0.25) is 0 Å². The Morgan fingerprint density at radius 3 is 2.58 bits per heavy atom. The minimum absolute atomic E-state index is 0.0504. The summed E-state index contributed by atoms with van der Waals surface area (Å²) < 4.78 is 3.25. The summed E-state index contributed by atoms with van der Waals surface area (Å²) in [4.78, 5) is 43.9. The zero-order valence-electron chi connectivity index (χ0n) is 17.9. The van der Waals surface area contributed by atoms with Crippen LogP contribution in [0.15, 0.2) is 41.2 Å². The van der Waals surface area contributed by atoms with Crippen LogP contribution >= 0.6 is 0 Å². The molecule has 1 N–H and O–H groups in total. The monoisotopic (exact) mass is 421 g/mol. The Bertz CT molecular complexity index is 1190. The van der Waals surface area contributed by atoms with Crippen LogP contribution in [0.1, 0.15) is 38.7 Å². The van der Waals surface area contributed by atoms with Crippen LogP contribution in [-0.4, -0.2) is 32.5 Å². The maximum absolute atomic E-state index is 12.7. The van der Waals surface area contributed by atoms with Crippen molar-refractivity contribution in [2.45, 2.75) is 52.6 Å². The van der Waals surface area contributed by atoms with Crippen molar-refractivity contribution >= 4 is 34.5 Å². The Morgan fingerprint density at radius 2 is 1.81 bits per heavy atom. The maximum atomic E-state index is 12.7. The zero-order chi connectivity index (χ0) is 22.0. The molecule has 8 heteroatoms. The first-order valence-electron chi connectivity index (χ1n) is 10.8. The van der Waals surface area contributed by atoms with E-state index < -0.39 is 0 Å². The van der Waals surface area contributed by atoms with Gasteiger partial charge in [-0.25, -0.2) is 9.78 Å². The molecule has 0 spiro atoms.